The van der Waals surface area contributed by atoms with E-state index in [2.05, 4.69) is 0 Å². The molecule has 120 valence electrons. The molecule has 0 unspecified atom stereocenters. The zero-order valence-electron chi connectivity index (χ0n) is 13.2. The highest BCUT2D eigenvalue weighted by Gasteiger charge is 2.07. The fourth-order valence-corrected chi connectivity index (χ4v) is 1.70. The number of carboxylic acids is 1. The van der Waals surface area contributed by atoms with E-state index in [-0.39, 0.29) is 11.5 Å². The lowest BCUT2D eigenvalue weighted by Gasteiger charge is -2.09. The molecule has 2 aromatic carbocycles. The van der Waals surface area contributed by atoms with Crippen molar-refractivity contribution in [3.05, 3.63) is 70.8 Å². The molecule has 1 N–H and O–H groups in total. The van der Waals surface area contributed by atoms with Gasteiger partial charge in [-0.3, -0.25) is 4.79 Å². The largest absolute Gasteiger partial charge is 0.478 e. The van der Waals surface area contributed by atoms with Gasteiger partial charge in [0.1, 0.15) is 0 Å². The molecule has 6 heteroatoms. The van der Waals surface area contributed by atoms with E-state index in [0.29, 0.717) is 16.7 Å². The van der Waals surface area contributed by atoms with Crippen LogP contribution in [-0.2, 0) is 0 Å². The number of benzene rings is 2. The third-order valence-corrected chi connectivity index (χ3v) is 2.88. The van der Waals surface area contributed by atoms with Gasteiger partial charge in [0, 0.05) is 19.7 Å². The summed E-state index contributed by atoms with van der Waals surface area (Å²) in [5, 5.41) is 25.5. The van der Waals surface area contributed by atoms with Crippen LogP contribution in [0.2, 0.25) is 0 Å². The van der Waals surface area contributed by atoms with Crippen molar-refractivity contribution in [2.24, 2.45) is 0 Å². The maximum absolute atomic E-state index is 11.4. The highest BCUT2D eigenvalue weighted by molar-refractivity contribution is 5.94. The molecule has 0 aliphatic rings. The Kier molecular flexibility index (Phi) is 6.69. The average molecular weight is 321 g/mol. The zero-order valence-corrected chi connectivity index (χ0v) is 13.2. The van der Waals surface area contributed by atoms with Crippen molar-refractivity contribution >= 4 is 11.9 Å². The molecular formula is C18H15N3O3. The molecule has 1 amide bonds. The number of aromatic carboxylic acids is 1. The summed E-state index contributed by atoms with van der Waals surface area (Å²) in [6.07, 6.45) is 0. The van der Waals surface area contributed by atoms with Gasteiger partial charge in [0.2, 0.25) is 0 Å². The molecule has 0 radical (unpaired) electrons. The van der Waals surface area contributed by atoms with Crippen molar-refractivity contribution in [1.29, 1.82) is 10.5 Å². The van der Waals surface area contributed by atoms with Crippen LogP contribution in [0.4, 0.5) is 0 Å². The van der Waals surface area contributed by atoms with Crippen LogP contribution in [0.5, 0.6) is 0 Å². The van der Waals surface area contributed by atoms with Gasteiger partial charge < -0.3 is 10.0 Å². The minimum absolute atomic E-state index is 0.0860. The molecule has 0 aromatic heterocycles. The van der Waals surface area contributed by atoms with Crippen LogP contribution in [0, 0.1) is 22.7 Å². The monoisotopic (exact) mass is 321 g/mol. The molecule has 0 fully saturated rings. The van der Waals surface area contributed by atoms with E-state index < -0.39 is 5.97 Å². The molecular weight excluding hydrogens is 306 g/mol. The van der Waals surface area contributed by atoms with Gasteiger partial charge in [-0.2, -0.15) is 10.5 Å². The van der Waals surface area contributed by atoms with Gasteiger partial charge in [0.15, 0.2) is 0 Å². The van der Waals surface area contributed by atoms with Gasteiger partial charge in [-0.05, 0) is 36.4 Å². The van der Waals surface area contributed by atoms with Gasteiger partial charge in [-0.1, -0.05) is 12.1 Å². The van der Waals surface area contributed by atoms with Crippen molar-refractivity contribution in [2.75, 3.05) is 14.1 Å². The van der Waals surface area contributed by atoms with Gasteiger partial charge in [-0.15, -0.1) is 0 Å². The molecule has 0 heterocycles. The van der Waals surface area contributed by atoms with Crippen molar-refractivity contribution in [2.45, 2.75) is 0 Å². The summed E-state index contributed by atoms with van der Waals surface area (Å²) in [5.74, 6) is -1.10. The van der Waals surface area contributed by atoms with Crippen molar-refractivity contribution in [3.8, 4) is 12.1 Å². The number of rotatable bonds is 2. The van der Waals surface area contributed by atoms with Crippen LogP contribution >= 0.6 is 0 Å². The Labute approximate surface area is 139 Å². The Morgan fingerprint density at radius 3 is 1.79 bits per heavy atom. The smallest absolute Gasteiger partial charge is 0.335 e. The van der Waals surface area contributed by atoms with Crippen LogP contribution in [0.25, 0.3) is 0 Å². The predicted octanol–water partition coefficient (Wildman–Crippen LogP) is 2.52. The van der Waals surface area contributed by atoms with E-state index >= 15 is 0 Å². The molecule has 6 nitrogen and oxygen atoms in total. The molecule has 0 aliphatic carbocycles. The Morgan fingerprint density at radius 1 is 0.917 bits per heavy atom. The lowest BCUT2D eigenvalue weighted by atomic mass is 10.1. The van der Waals surface area contributed by atoms with Crippen LogP contribution in [0.3, 0.4) is 0 Å². The van der Waals surface area contributed by atoms with Gasteiger partial charge in [0.05, 0.1) is 28.8 Å². The summed E-state index contributed by atoms with van der Waals surface area (Å²) in [5.41, 5.74) is 1.56. The Bertz CT molecular complexity index is 830. The van der Waals surface area contributed by atoms with Gasteiger partial charge in [-0.25, -0.2) is 4.79 Å². The third-order valence-electron chi connectivity index (χ3n) is 2.88. The first-order chi connectivity index (χ1) is 11.4. The number of carbonyl (C=O) groups is 2. The molecule has 2 rings (SSSR count). The second kappa shape index (κ2) is 8.72. The molecule has 24 heavy (non-hydrogen) atoms. The summed E-state index contributed by atoms with van der Waals surface area (Å²) >= 11 is 0. The number of carboxylic acid groups (broad SMARTS) is 1. The average Bonchev–Trinajstić information content (AvgIpc) is 2.61. The maximum Gasteiger partial charge on any atom is 0.335 e. The summed E-state index contributed by atoms with van der Waals surface area (Å²) < 4.78 is 0. The Balaban J connectivity index is 0.000000243. The van der Waals surface area contributed by atoms with Gasteiger partial charge in [0.25, 0.3) is 5.91 Å². The third kappa shape index (κ3) is 5.28. The topological polar surface area (TPSA) is 105 Å². The Hall–Kier alpha value is -3.64. The fourth-order valence-electron chi connectivity index (χ4n) is 1.70. The van der Waals surface area contributed by atoms with Gasteiger partial charge >= 0.3 is 5.97 Å². The molecule has 0 spiro atoms. The SMILES string of the molecule is CN(C)C(=O)c1cccc(C#N)c1.N#Cc1cccc(C(=O)O)c1. The van der Waals surface area contributed by atoms with E-state index in [0.717, 1.165) is 0 Å². The molecule has 0 saturated carbocycles. The van der Waals surface area contributed by atoms with E-state index in [1.54, 1.807) is 50.5 Å². The fraction of sp³-hybridized carbons (Fsp3) is 0.111. The number of hydrogen-bond donors (Lipinski definition) is 1. The molecule has 0 bridgehead atoms. The van der Waals surface area contributed by atoms with Crippen LogP contribution in [0.1, 0.15) is 31.8 Å². The number of carbonyl (C=O) groups excluding carboxylic acids is 1. The first-order valence-electron chi connectivity index (χ1n) is 6.84. The first kappa shape index (κ1) is 18.4. The molecule has 0 saturated heterocycles. The number of nitriles is 2. The lowest BCUT2D eigenvalue weighted by Crippen LogP contribution is -2.21. The predicted molar refractivity (Wildman–Crippen MR) is 87.3 cm³/mol. The normalized spacial score (nSPS) is 8.83. The summed E-state index contributed by atoms with van der Waals surface area (Å²) in [6, 6.07) is 16.4. The highest BCUT2D eigenvalue weighted by atomic mass is 16.4. The molecule has 0 aliphatic heterocycles. The van der Waals surface area contributed by atoms with E-state index in [1.807, 2.05) is 12.1 Å². The number of nitrogens with zero attached hydrogens (tertiary/aromatic N) is 3. The van der Waals surface area contributed by atoms with Crippen molar-refractivity contribution in [3.63, 3.8) is 0 Å². The first-order valence-corrected chi connectivity index (χ1v) is 6.84. The maximum atomic E-state index is 11.4. The standard InChI is InChI=1S/C10H10N2O.C8H5NO2/c1-12(2)10(13)9-5-3-4-8(6-9)7-11;9-5-6-2-1-3-7(4-6)8(10)11/h3-6H,1-2H3;1-4H,(H,10,11). The number of amides is 1. The minimum Gasteiger partial charge on any atom is -0.478 e. The Morgan fingerprint density at radius 2 is 1.38 bits per heavy atom. The van der Waals surface area contributed by atoms with Crippen molar-refractivity contribution < 1.29 is 14.7 Å². The second-order valence-corrected chi connectivity index (χ2v) is 4.89. The van der Waals surface area contributed by atoms with Crippen LogP contribution < -0.4 is 0 Å². The van der Waals surface area contributed by atoms with E-state index in [4.69, 9.17) is 15.6 Å². The summed E-state index contributed by atoms with van der Waals surface area (Å²) in [4.78, 5) is 23.3. The molecule has 0 atom stereocenters. The zero-order chi connectivity index (χ0) is 18.1. The minimum atomic E-state index is -1.01. The molecule has 2 aromatic rings. The van der Waals surface area contributed by atoms with Crippen LogP contribution in [-0.4, -0.2) is 36.0 Å². The van der Waals surface area contributed by atoms with E-state index in [1.165, 1.54) is 17.0 Å². The van der Waals surface area contributed by atoms with Crippen LogP contribution in [0.15, 0.2) is 48.5 Å². The summed E-state index contributed by atoms with van der Waals surface area (Å²) in [6.45, 7) is 0. The van der Waals surface area contributed by atoms with Crippen molar-refractivity contribution in [1.82, 2.24) is 4.90 Å². The van der Waals surface area contributed by atoms with E-state index in [9.17, 15) is 9.59 Å². The number of hydrogen-bond acceptors (Lipinski definition) is 4. The quantitative estimate of drug-likeness (QED) is 0.915. The lowest BCUT2D eigenvalue weighted by molar-refractivity contribution is 0.0696. The summed E-state index contributed by atoms with van der Waals surface area (Å²) in [7, 11) is 3.36. The highest BCUT2D eigenvalue weighted by Crippen LogP contribution is 2.06. The second-order valence-electron chi connectivity index (χ2n) is 4.89.